The molecule has 0 bridgehead atoms. The molecule has 0 radical (unpaired) electrons. The highest BCUT2D eigenvalue weighted by Crippen LogP contribution is 2.60. The third-order valence-electron chi connectivity index (χ3n) is 4.52. The van der Waals surface area contributed by atoms with Gasteiger partial charge in [-0.25, -0.2) is 8.78 Å². The van der Waals surface area contributed by atoms with E-state index in [0.717, 1.165) is 21.9 Å². The van der Waals surface area contributed by atoms with E-state index in [4.69, 9.17) is 27.9 Å². The predicted molar refractivity (Wildman–Crippen MR) is 116 cm³/mol. The Hall–Kier alpha value is -1.79. The average Bonchev–Trinajstić information content (AvgIpc) is 2.68. The van der Waals surface area contributed by atoms with Crippen LogP contribution in [0.5, 0.6) is 5.75 Å². The molecule has 0 aliphatic rings. The molecule has 1 N–H and O–H groups in total. The number of ether oxygens (including phenoxy) is 1. The molecule has 0 spiro atoms. The van der Waals surface area contributed by atoms with Crippen molar-refractivity contribution in [3.63, 3.8) is 0 Å². The maximum Gasteiger partial charge on any atom is 0.167 e. The molecular formula is C22H20Cl2F2O2S. The first-order valence-electron chi connectivity index (χ1n) is 8.81. The summed E-state index contributed by atoms with van der Waals surface area (Å²) in [6, 6.07) is 18.1. The van der Waals surface area contributed by atoms with Gasteiger partial charge in [0.1, 0.15) is 12.4 Å². The summed E-state index contributed by atoms with van der Waals surface area (Å²) in [7, 11) is -1.65. The van der Waals surface area contributed by atoms with E-state index in [2.05, 4.69) is 6.26 Å². The molecule has 0 aliphatic heterocycles. The first-order valence-corrected chi connectivity index (χ1v) is 11.8. The van der Waals surface area contributed by atoms with E-state index in [9.17, 15) is 13.9 Å². The largest absolute Gasteiger partial charge is 0.488 e. The summed E-state index contributed by atoms with van der Waals surface area (Å²) >= 11 is 12.1. The average molecular weight is 457 g/mol. The molecular weight excluding hydrogens is 437 g/mol. The molecule has 0 saturated heterocycles. The summed E-state index contributed by atoms with van der Waals surface area (Å²) in [5, 5.41) is 11.9. The van der Waals surface area contributed by atoms with Crippen LogP contribution >= 0.6 is 33.2 Å². The van der Waals surface area contributed by atoms with Gasteiger partial charge in [0.2, 0.25) is 0 Å². The molecule has 0 aromatic heterocycles. The van der Waals surface area contributed by atoms with E-state index < -0.39 is 27.8 Å². The Morgan fingerprint density at radius 3 is 1.90 bits per heavy atom. The summed E-state index contributed by atoms with van der Waals surface area (Å²) < 4.78 is 32.2. The molecule has 3 aromatic carbocycles. The summed E-state index contributed by atoms with van der Waals surface area (Å²) in [6.45, 7) is -0.119. The summed E-state index contributed by atoms with van der Waals surface area (Å²) in [5.41, 5.74) is 0. The SMILES string of the molecule is CS(CC(O)COc1ccc(F)cc1F)(c1ccc(Cl)cc1)c1ccc(Cl)cc1. The first-order chi connectivity index (χ1) is 13.8. The van der Waals surface area contributed by atoms with Crippen LogP contribution in [0, 0.1) is 11.6 Å². The number of halogens is 4. The highest BCUT2D eigenvalue weighted by atomic mass is 35.5. The number of rotatable bonds is 7. The fourth-order valence-electron chi connectivity index (χ4n) is 3.01. The molecule has 7 heteroatoms. The maximum atomic E-state index is 13.8. The zero-order valence-electron chi connectivity index (χ0n) is 15.6. The van der Waals surface area contributed by atoms with E-state index in [1.54, 1.807) is 0 Å². The molecule has 0 fully saturated rings. The molecule has 0 amide bonds. The van der Waals surface area contributed by atoms with Crippen LogP contribution in [0.15, 0.2) is 76.5 Å². The van der Waals surface area contributed by atoms with Crippen molar-refractivity contribution in [1.82, 2.24) is 0 Å². The smallest absolute Gasteiger partial charge is 0.167 e. The van der Waals surface area contributed by atoms with E-state index in [1.807, 2.05) is 48.5 Å². The van der Waals surface area contributed by atoms with Gasteiger partial charge in [0.05, 0.1) is 6.10 Å². The van der Waals surface area contributed by atoms with Gasteiger partial charge in [0.15, 0.2) is 11.6 Å². The highest BCUT2D eigenvalue weighted by Gasteiger charge is 2.27. The van der Waals surface area contributed by atoms with Crippen LogP contribution in [0.4, 0.5) is 8.78 Å². The second-order valence-corrected chi connectivity index (χ2v) is 11.0. The zero-order valence-corrected chi connectivity index (χ0v) is 17.9. The quantitative estimate of drug-likeness (QED) is 0.435. The predicted octanol–water partition coefficient (Wildman–Crippen LogP) is 6.56. The van der Waals surface area contributed by atoms with Gasteiger partial charge in [-0.05, 0) is 76.7 Å². The molecule has 29 heavy (non-hydrogen) atoms. The Balaban J connectivity index is 1.82. The van der Waals surface area contributed by atoms with Gasteiger partial charge < -0.3 is 9.84 Å². The molecule has 1 unspecified atom stereocenters. The van der Waals surface area contributed by atoms with E-state index in [0.29, 0.717) is 15.8 Å². The van der Waals surface area contributed by atoms with Gasteiger partial charge in [-0.2, -0.15) is 10.0 Å². The Bertz CT molecular complexity index is 920. The van der Waals surface area contributed by atoms with Crippen molar-refractivity contribution in [2.24, 2.45) is 0 Å². The second-order valence-electron chi connectivity index (χ2n) is 6.70. The maximum absolute atomic E-state index is 13.8. The molecule has 0 aliphatic carbocycles. The monoisotopic (exact) mass is 456 g/mol. The van der Waals surface area contributed by atoms with Gasteiger partial charge >= 0.3 is 0 Å². The Morgan fingerprint density at radius 2 is 1.41 bits per heavy atom. The lowest BCUT2D eigenvalue weighted by Crippen LogP contribution is -2.25. The second kappa shape index (κ2) is 9.35. The van der Waals surface area contributed by atoms with E-state index >= 15 is 0 Å². The van der Waals surface area contributed by atoms with Crippen molar-refractivity contribution < 1.29 is 18.6 Å². The third-order valence-corrected chi connectivity index (χ3v) is 8.70. The van der Waals surface area contributed by atoms with Gasteiger partial charge in [0.25, 0.3) is 0 Å². The number of hydrogen-bond donors (Lipinski definition) is 1. The van der Waals surface area contributed by atoms with E-state index in [1.165, 1.54) is 6.07 Å². The van der Waals surface area contributed by atoms with Crippen LogP contribution < -0.4 is 4.74 Å². The number of aliphatic hydroxyl groups is 1. The van der Waals surface area contributed by atoms with Crippen LogP contribution in [0.2, 0.25) is 10.0 Å². The van der Waals surface area contributed by atoms with Gasteiger partial charge in [-0.15, -0.1) is 0 Å². The topological polar surface area (TPSA) is 29.5 Å². The van der Waals surface area contributed by atoms with Gasteiger partial charge in [-0.3, -0.25) is 0 Å². The Labute approximate surface area is 180 Å². The normalized spacial score (nSPS) is 13.2. The van der Waals surface area contributed by atoms with Crippen molar-refractivity contribution in [3.05, 3.63) is 88.4 Å². The Morgan fingerprint density at radius 1 is 0.897 bits per heavy atom. The van der Waals surface area contributed by atoms with Crippen LogP contribution in [-0.2, 0) is 0 Å². The van der Waals surface area contributed by atoms with E-state index in [-0.39, 0.29) is 12.4 Å². The van der Waals surface area contributed by atoms with Gasteiger partial charge in [-0.1, -0.05) is 23.2 Å². The van der Waals surface area contributed by atoms with Crippen LogP contribution in [-0.4, -0.2) is 29.8 Å². The Kier molecular flexibility index (Phi) is 7.06. The molecule has 3 rings (SSSR count). The summed E-state index contributed by atoms with van der Waals surface area (Å²) in [6.07, 6.45) is 1.21. The van der Waals surface area contributed by atoms with Crippen molar-refractivity contribution in [3.8, 4) is 5.75 Å². The molecule has 1 atom stereocenters. The third kappa shape index (κ3) is 5.43. The lowest BCUT2D eigenvalue weighted by molar-refractivity contribution is 0.123. The van der Waals surface area contributed by atoms with Crippen LogP contribution in [0.3, 0.4) is 0 Å². The fourth-order valence-corrected chi connectivity index (χ4v) is 6.26. The first kappa shape index (κ1) is 21.9. The minimum Gasteiger partial charge on any atom is -0.488 e. The molecule has 0 saturated carbocycles. The van der Waals surface area contributed by atoms with Crippen molar-refractivity contribution in [2.75, 3.05) is 18.6 Å². The zero-order chi connectivity index (χ0) is 21.0. The molecule has 3 aromatic rings. The van der Waals surface area contributed by atoms with Crippen molar-refractivity contribution in [2.45, 2.75) is 15.9 Å². The lowest BCUT2D eigenvalue weighted by Gasteiger charge is -2.38. The highest BCUT2D eigenvalue weighted by molar-refractivity contribution is 8.33. The minimum absolute atomic E-state index is 0.0971. The standard InChI is InChI=1S/C22H20Cl2F2O2S/c1-29(19-7-2-15(23)3-8-19,20-9-4-16(24)5-10-20)14-18(27)13-28-22-11-6-17(25)12-21(22)26/h2-12,18,27H,13-14H2,1H3. The molecule has 0 heterocycles. The number of benzene rings is 3. The van der Waals surface area contributed by atoms with Crippen molar-refractivity contribution >= 4 is 33.2 Å². The van der Waals surface area contributed by atoms with Crippen LogP contribution in [0.25, 0.3) is 0 Å². The number of hydrogen-bond acceptors (Lipinski definition) is 2. The van der Waals surface area contributed by atoms with Crippen LogP contribution in [0.1, 0.15) is 0 Å². The van der Waals surface area contributed by atoms with Gasteiger partial charge in [0, 0.05) is 21.9 Å². The minimum atomic E-state index is -1.65. The summed E-state index contributed by atoms with van der Waals surface area (Å²) in [4.78, 5) is 2.08. The molecule has 154 valence electrons. The lowest BCUT2D eigenvalue weighted by atomic mass is 10.3. The van der Waals surface area contributed by atoms with Crippen molar-refractivity contribution in [1.29, 1.82) is 0 Å². The summed E-state index contributed by atoms with van der Waals surface area (Å²) in [5.74, 6) is -1.19. The molecule has 2 nitrogen and oxygen atoms in total. The fraction of sp³-hybridized carbons (Fsp3) is 0.182. The number of aliphatic hydroxyl groups excluding tert-OH is 1.